The van der Waals surface area contributed by atoms with E-state index in [-0.39, 0.29) is 11.4 Å². The van der Waals surface area contributed by atoms with E-state index in [0.29, 0.717) is 24.7 Å². The number of ether oxygens (including phenoxy) is 1. The van der Waals surface area contributed by atoms with Crippen LogP contribution in [0.25, 0.3) is 33.3 Å². The summed E-state index contributed by atoms with van der Waals surface area (Å²) >= 11 is 0. The smallest absolute Gasteiger partial charge is 0.316 e. The van der Waals surface area contributed by atoms with Crippen LogP contribution in [0.1, 0.15) is 24.2 Å². The molecule has 1 fully saturated rings. The van der Waals surface area contributed by atoms with Gasteiger partial charge in [0.05, 0.1) is 18.3 Å². The minimum atomic E-state index is -0.0596. The highest BCUT2D eigenvalue weighted by Crippen LogP contribution is 2.30. The van der Waals surface area contributed by atoms with Crippen molar-refractivity contribution in [2.24, 2.45) is 0 Å². The number of piperazine rings is 1. The van der Waals surface area contributed by atoms with Gasteiger partial charge in [0.1, 0.15) is 6.33 Å². The Morgan fingerprint density at radius 3 is 2.49 bits per heavy atom. The highest BCUT2D eigenvalue weighted by Gasteiger charge is 2.33. The number of aromatic nitrogens is 4. The molecule has 0 bridgehead atoms. The van der Waals surface area contributed by atoms with E-state index in [0.717, 1.165) is 39.8 Å². The number of methoxy groups -OCH3 is 1. The number of hydrogen-bond acceptors (Lipinski definition) is 7. The Hall–Kier alpha value is -3.91. The topological polar surface area (TPSA) is 84.3 Å². The van der Waals surface area contributed by atoms with Gasteiger partial charge in [0, 0.05) is 59.6 Å². The Labute approximate surface area is 204 Å². The number of carbonyl (C=O) groups excluding carboxylic acids is 1. The summed E-state index contributed by atoms with van der Waals surface area (Å²) in [5, 5.41) is 0.895. The van der Waals surface area contributed by atoms with E-state index in [9.17, 15) is 4.79 Å². The average molecular weight is 469 g/mol. The number of benzene rings is 2. The minimum Gasteiger partial charge on any atom is -0.467 e. The number of carbonyl (C=O) groups is 1. The van der Waals surface area contributed by atoms with Crippen LogP contribution in [-0.4, -0.2) is 75.0 Å². The maximum absolute atomic E-state index is 13.4. The summed E-state index contributed by atoms with van der Waals surface area (Å²) in [6.07, 6.45) is 5.02. The second-order valence-electron chi connectivity index (χ2n) is 9.45. The van der Waals surface area contributed by atoms with Crippen molar-refractivity contribution in [2.75, 3.05) is 33.8 Å². The van der Waals surface area contributed by atoms with E-state index in [1.54, 1.807) is 18.7 Å². The molecule has 0 unspecified atom stereocenters. The number of nitrogens with zero attached hydrogens (tertiary/aromatic N) is 6. The summed E-state index contributed by atoms with van der Waals surface area (Å²) in [5.74, 6) is 0.0439. The van der Waals surface area contributed by atoms with Gasteiger partial charge in [-0.1, -0.05) is 18.2 Å². The molecule has 8 nitrogen and oxygen atoms in total. The van der Waals surface area contributed by atoms with Gasteiger partial charge >= 0.3 is 6.01 Å². The molecule has 8 heteroatoms. The third-order valence-electron chi connectivity index (χ3n) is 6.77. The lowest BCUT2D eigenvalue weighted by molar-refractivity contribution is 0.0311. The van der Waals surface area contributed by atoms with Crippen LogP contribution in [-0.2, 0) is 0 Å². The van der Waals surface area contributed by atoms with Gasteiger partial charge in [-0.2, -0.15) is 0 Å². The van der Waals surface area contributed by atoms with E-state index in [1.165, 1.54) is 7.11 Å². The molecule has 1 aliphatic rings. The quantitative estimate of drug-likeness (QED) is 0.449. The van der Waals surface area contributed by atoms with Crippen molar-refractivity contribution in [3.63, 3.8) is 0 Å². The summed E-state index contributed by atoms with van der Waals surface area (Å²) in [7, 11) is 3.65. The SMILES string of the molecule is COc1ncc(-c2ccc3ncnc(-c4cccc(C(=O)N5CCN(C)C(C)(C)C5)c4)c3c2)cn1. The second-order valence-corrected chi connectivity index (χ2v) is 9.45. The molecule has 5 rings (SSSR count). The van der Waals surface area contributed by atoms with Gasteiger partial charge in [-0.15, -0.1) is 0 Å². The number of rotatable bonds is 4. The molecule has 0 radical (unpaired) electrons. The molecule has 178 valence electrons. The highest BCUT2D eigenvalue weighted by atomic mass is 16.5. The standard InChI is InChI=1S/C27H28N6O2/c1-27(2)16-33(11-10-32(27)3)25(34)20-7-5-6-19(12-20)24-22-13-18(8-9-23(22)30-17-31-24)21-14-28-26(35-4)29-15-21/h5-9,12-15,17H,10-11,16H2,1-4H3. The van der Waals surface area contributed by atoms with Crippen LogP contribution >= 0.6 is 0 Å². The first-order valence-corrected chi connectivity index (χ1v) is 11.6. The summed E-state index contributed by atoms with van der Waals surface area (Å²) < 4.78 is 5.07. The highest BCUT2D eigenvalue weighted by molar-refractivity contribution is 5.98. The molecule has 1 saturated heterocycles. The molecular formula is C27H28N6O2. The van der Waals surface area contributed by atoms with Gasteiger partial charge in [0.15, 0.2) is 0 Å². The molecule has 0 atom stereocenters. The molecule has 2 aromatic carbocycles. The molecule has 0 saturated carbocycles. The van der Waals surface area contributed by atoms with Gasteiger partial charge in [-0.05, 0) is 50.7 Å². The van der Waals surface area contributed by atoms with E-state index >= 15 is 0 Å². The van der Waals surface area contributed by atoms with Gasteiger partial charge in [0.25, 0.3) is 5.91 Å². The molecule has 4 aromatic rings. The largest absolute Gasteiger partial charge is 0.467 e. The molecule has 3 heterocycles. The van der Waals surface area contributed by atoms with Crippen LogP contribution in [0.3, 0.4) is 0 Å². The first-order valence-electron chi connectivity index (χ1n) is 11.6. The molecular weight excluding hydrogens is 440 g/mol. The van der Waals surface area contributed by atoms with Crippen molar-refractivity contribution in [1.82, 2.24) is 29.7 Å². The predicted molar refractivity (Wildman–Crippen MR) is 135 cm³/mol. The Morgan fingerprint density at radius 2 is 1.74 bits per heavy atom. The maximum Gasteiger partial charge on any atom is 0.316 e. The number of likely N-dealkylation sites (N-methyl/N-ethyl adjacent to an activating group) is 1. The fourth-order valence-electron chi connectivity index (χ4n) is 4.43. The normalized spacial score (nSPS) is 15.8. The van der Waals surface area contributed by atoms with Crippen molar-refractivity contribution in [1.29, 1.82) is 0 Å². The zero-order valence-corrected chi connectivity index (χ0v) is 20.4. The van der Waals surface area contributed by atoms with Crippen molar-refractivity contribution in [3.8, 4) is 28.4 Å². The van der Waals surface area contributed by atoms with Crippen molar-refractivity contribution < 1.29 is 9.53 Å². The third-order valence-corrected chi connectivity index (χ3v) is 6.77. The Morgan fingerprint density at radius 1 is 0.943 bits per heavy atom. The minimum absolute atomic E-state index is 0.0439. The van der Waals surface area contributed by atoms with Crippen LogP contribution in [0.5, 0.6) is 6.01 Å². The van der Waals surface area contributed by atoms with E-state index in [2.05, 4.69) is 45.7 Å². The molecule has 35 heavy (non-hydrogen) atoms. The third kappa shape index (κ3) is 4.44. The van der Waals surface area contributed by atoms with Crippen molar-refractivity contribution in [3.05, 3.63) is 66.7 Å². The lowest BCUT2D eigenvalue weighted by atomic mass is 9.98. The monoisotopic (exact) mass is 468 g/mol. The van der Waals surface area contributed by atoms with Crippen LogP contribution in [0, 0.1) is 0 Å². The van der Waals surface area contributed by atoms with Crippen LogP contribution in [0.15, 0.2) is 61.2 Å². The fourth-order valence-corrected chi connectivity index (χ4v) is 4.43. The van der Waals surface area contributed by atoms with Crippen molar-refractivity contribution in [2.45, 2.75) is 19.4 Å². The summed E-state index contributed by atoms with van der Waals surface area (Å²) in [5.41, 5.74) is 4.89. The predicted octanol–water partition coefficient (Wildman–Crippen LogP) is 3.93. The number of amides is 1. The average Bonchev–Trinajstić information content (AvgIpc) is 2.89. The molecule has 0 N–H and O–H groups in total. The van der Waals surface area contributed by atoms with Crippen LogP contribution < -0.4 is 4.74 Å². The lowest BCUT2D eigenvalue weighted by Crippen LogP contribution is -2.58. The zero-order chi connectivity index (χ0) is 24.6. The number of fused-ring (bicyclic) bond motifs is 1. The molecule has 1 aliphatic heterocycles. The van der Waals surface area contributed by atoms with Crippen LogP contribution in [0.2, 0.25) is 0 Å². The summed E-state index contributed by atoms with van der Waals surface area (Å²) in [6.45, 7) is 6.60. The summed E-state index contributed by atoms with van der Waals surface area (Å²) in [6, 6.07) is 14.0. The van der Waals surface area contributed by atoms with Crippen molar-refractivity contribution >= 4 is 16.8 Å². The lowest BCUT2D eigenvalue weighted by Gasteiger charge is -2.45. The van der Waals surface area contributed by atoms with Gasteiger partial charge < -0.3 is 9.64 Å². The summed E-state index contributed by atoms with van der Waals surface area (Å²) in [4.78, 5) is 35.1. The van der Waals surface area contributed by atoms with Gasteiger partial charge in [-0.3, -0.25) is 9.69 Å². The van der Waals surface area contributed by atoms with Gasteiger partial charge in [-0.25, -0.2) is 19.9 Å². The van der Waals surface area contributed by atoms with Gasteiger partial charge in [0.2, 0.25) is 0 Å². The first kappa shape index (κ1) is 22.9. The zero-order valence-electron chi connectivity index (χ0n) is 20.4. The first-order chi connectivity index (χ1) is 16.9. The van der Waals surface area contributed by atoms with E-state index in [1.807, 2.05) is 47.4 Å². The molecule has 2 aromatic heterocycles. The Kier molecular flexibility index (Phi) is 5.90. The maximum atomic E-state index is 13.4. The Bertz CT molecular complexity index is 1390. The van der Waals surface area contributed by atoms with Crippen LogP contribution in [0.4, 0.5) is 0 Å². The van der Waals surface area contributed by atoms with E-state index < -0.39 is 0 Å². The Balaban J connectivity index is 1.50. The van der Waals surface area contributed by atoms with E-state index in [4.69, 9.17) is 4.74 Å². The number of hydrogen-bond donors (Lipinski definition) is 0. The molecule has 0 aliphatic carbocycles. The second kappa shape index (κ2) is 9.03. The fraction of sp³-hybridized carbons (Fsp3) is 0.296. The molecule has 0 spiro atoms. The molecule has 1 amide bonds.